The third kappa shape index (κ3) is 5.55. The molecule has 2 atom stereocenters. The fourth-order valence-electron chi connectivity index (χ4n) is 4.88. The van der Waals surface area contributed by atoms with Gasteiger partial charge in [0.05, 0.1) is 23.9 Å². The zero-order valence-electron chi connectivity index (χ0n) is 21.7. The first-order valence-electron chi connectivity index (χ1n) is 13.2. The first kappa shape index (κ1) is 25.3. The van der Waals surface area contributed by atoms with Crippen molar-refractivity contribution in [3.8, 4) is 28.2 Å². The number of pyridine rings is 1. The summed E-state index contributed by atoms with van der Waals surface area (Å²) in [6, 6.07) is 33.9. The Morgan fingerprint density at radius 1 is 0.900 bits per heavy atom. The van der Waals surface area contributed by atoms with Gasteiger partial charge in [0.25, 0.3) is 0 Å². The fourth-order valence-corrected chi connectivity index (χ4v) is 4.88. The van der Waals surface area contributed by atoms with Crippen LogP contribution >= 0.6 is 0 Å². The summed E-state index contributed by atoms with van der Waals surface area (Å²) < 4.78 is 7.43. The van der Waals surface area contributed by atoms with Crippen LogP contribution in [0.3, 0.4) is 0 Å². The molecule has 3 aromatic carbocycles. The number of rotatable bonds is 7. The van der Waals surface area contributed by atoms with E-state index in [0.717, 1.165) is 39.5 Å². The number of carbonyl (C=O) groups excluding carboxylic acids is 1. The van der Waals surface area contributed by atoms with Crippen molar-refractivity contribution in [3.05, 3.63) is 121 Å². The minimum absolute atomic E-state index is 0.0220. The number of aromatic nitrogens is 3. The summed E-state index contributed by atoms with van der Waals surface area (Å²) in [5, 5.41) is 18.6. The highest BCUT2D eigenvalue weighted by Gasteiger charge is 2.26. The van der Waals surface area contributed by atoms with E-state index in [9.17, 15) is 9.90 Å². The molecule has 40 heavy (non-hydrogen) atoms. The Morgan fingerprint density at radius 3 is 2.27 bits per heavy atom. The number of para-hydroxylation sites is 1. The number of nitrogens with zero attached hydrogens (tertiary/aromatic N) is 3. The third-order valence-electron chi connectivity index (χ3n) is 6.72. The molecule has 1 fully saturated rings. The van der Waals surface area contributed by atoms with Gasteiger partial charge in [-0.1, -0.05) is 84.9 Å². The Labute approximate surface area is 232 Å². The van der Waals surface area contributed by atoms with Gasteiger partial charge >= 0.3 is 5.97 Å². The smallest absolute Gasteiger partial charge is 0.309 e. The normalized spacial score (nSPS) is 17.1. The van der Waals surface area contributed by atoms with E-state index in [1.807, 2.05) is 120 Å². The summed E-state index contributed by atoms with van der Waals surface area (Å²) in [7, 11) is 0. The van der Waals surface area contributed by atoms with Gasteiger partial charge in [-0.3, -0.25) is 4.79 Å². The van der Waals surface area contributed by atoms with E-state index in [2.05, 4.69) is 10.3 Å². The maximum atomic E-state index is 12.0. The van der Waals surface area contributed by atoms with E-state index in [4.69, 9.17) is 9.84 Å². The molecule has 198 valence electrons. The molecule has 3 heterocycles. The molecule has 0 unspecified atom stereocenters. The Hall–Kier alpha value is -5.01. The lowest BCUT2D eigenvalue weighted by atomic mass is 9.99. The second-order valence-electron chi connectivity index (χ2n) is 9.63. The summed E-state index contributed by atoms with van der Waals surface area (Å²) in [5.41, 5.74) is 6.26. The van der Waals surface area contributed by atoms with Crippen molar-refractivity contribution in [2.45, 2.75) is 25.0 Å². The molecule has 0 amide bonds. The van der Waals surface area contributed by atoms with Gasteiger partial charge in [-0.15, -0.1) is 0 Å². The second-order valence-corrected chi connectivity index (χ2v) is 9.63. The largest absolute Gasteiger partial charge is 0.458 e. The van der Waals surface area contributed by atoms with Crippen molar-refractivity contribution in [1.82, 2.24) is 14.8 Å². The zero-order chi connectivity index (χ0) is 27.3. The number of cyclic esters (lactones) is 1. The van der Waals surface area contributed by atoms with Gasteiger partial charge in [-0.25, -0.2) is 9.67 Å². The highest BCUT2D eigenvalue weighted by atomic mass is 16.5. The maximum absolute atomic E-state index is 12.0. The van der Waals surface area contributed by atoms with Crippen LogP contribution in [0.25, 0.3) is 34.3 Å². The number of aliphatic hydroxyl groups excluding tert-OH is 1. The predicted molar refractivity (Wildman–Crippen MR) is 156 cm³/mol. The first-order chi connectivity index (χ1) is 19.6. The molecule has 0 spiro atoms. The monoisotopic (exact) mass is 528 g/mol. The molecule has 5 aromatic rings. The van der Waals surface area contributed by atoms with Crippen LogP contribution in [0.4, 0.5) is 11.5 Å². The average molecular weight is 529 g/mol. The van der Waals surface area contributed by atoms with Crippen LogP contribution < -0.4 is 5.32 Å². The van der Waals surface area contributed by atoms with Crippen molar-refractivity contribution in [2.75, 3.05) is 5.32 Å². The molecule has 2 N–H and O–H groups in total. The standard InChI is InChI=1S/C33H28N4O3/c38-27-21-28(40-31(39)22-27)16-17-29-32(23-10-4-1-5-11-23)36-37(33(29)24-12-6-2-7-13-24)26-18-19-34-30(20-26)35-25-14-8-3-9-15-25/h1-20,27-28,38H,21-22H2,(H,34,35)/b17-16+/t27-,28-/m1/s1. The number of carbonyl (C=O) groups is 1. The van der Waals surface area contributed by atoms with Crippen LogP contribution in [0.15, 0.2) is 115 Å². The first-order valence-corrected chi connectivity index (χ1v) is 13.2. The number of esters is 1. The van der Waals surface area contributed by atoms with Crippen LogP contribution in [-0.4, -0.2) is 38.0 Å². The van der Waals surface area contributed by atoms with Crippen LogP contribution in [0.2, 0.25) is 0 Å². The summed E-state index contributed by atoms with van der Waals surface area (Å²) >= 11 is 0. The van der Waals surface area contributed by atoms with Gasteiger partial charge in [-0.05, 0) is 24.3 Å². The average Bonchev–Trinajstić information content (AvgIpc) is 3.37. The van der Waals surface area contributed by atoms with E-state index >= 15 is 0 Å². The molecule has 0 saturated carbocycles. The number of hydrogen-bond acceptors (Lipinski definition) is 6. The topological polar surface area (TPSA) is 89.3 Å². The highest BCUT2D eigenvalue weighted by Crippen LogP contribution is 2.36. The molecular formula is C33H28N4O3. The molecule has 1 aliphatic rings. The van der Waals surface area contributed by atoms with Gasteiger partial charge < -0.3 is 15.2 Å². The Kier molecular flexibility index (Phi) is 7.20. The minimum Gasteiger partial charge on any atom is -0.458 e. The van der Waals surface area contributed by atoms with Crippen LogP contribution in [-0.2, 0) is 9.53 Å². The molecule has 6 rings (SSSR count). The number of nitrogens with one attached hydrogen (secondary N) is 1. The lowest BCUT2D eigenvalue weighted by Gasteiger charge is -2.23. The summed E-state index contributed by atoms with van der Waals surface area (Å²) in [5.74, 6) is 0.297. The number of anilines is 2. The van der Waals surface area contributed by atoms with Crippen molar-refractivity contribution >= 4 is 23.6 Å². The predicted octanol–water partition coefficient (Wildman–Crippen LogP) is 6.42. The molecule has 0 bridgehead atoms. The Balaban J connectivity index is 1.50. The van der Waals surface area contributed by atoms with E-state index in [1.165, 1.54) is 0 Å². The fraction of sp³-hybridized carbons (Fsp3) is 0.121. The maximum Gasteiger partial charge on any atom is 0.309 e. The van der Waals surface area contributed by atoms with Gasteiger partial charge in [0.2, 0.25) is 0 Å². The second kappa shape index (κ2) is 11.4. The van der Waals surface area contributed by atoms with Crippen molar-refractivity contribution in [3.63, 3.8) is 0 Å². The molecule has 7 heteroatoms. The zero-order valence-corrected chi connectivity index (χ0v) is 21.7. The van der Waals surface area contributed by atoms with Crippen molar-refractivity contribution < 1.29 is 14.6 Å². The SMILES string of the molecule is O=C1C[C@H](O)C[C@@H](/C=C/c2c(-c3ccccc3)nn(-c3ccnc(Nc4ccccc4)c3)c2-c2ccccc2)O1. The van der Waals surface area contributed by atoms with E-state index in [-0.39, 0.29) is 6.42 Å². The van der Waals surface area contributed by atoms with E-state index in [1.54, 1.807) is 6.20 Å². The summed E-state index contributed by atoms with van der Waals surface area (Å²) in [6.45, 7) is 0. The summed E-state index contributed by atoms with van der Waals surface area (Å²) in [6.07, 6.45) is 4.70. The molecule has 7 nitrogen and oxygen atoms in total. The lowest BCUT2D eigenvalue weighted by molar-refractivity contribution is -0.156. The van der Waals surface area contributed by atoms with E-state index in [0.29, 0.717) is 12.2 Å². The molecule has 0 radical (unpaired) electrons. The molecule has 1 aliphatic heterocycles. The molecule has 1 saturated heterocycles. The Bertz CT molecular complexity index is 1630. The molecule has 2 aromatic heterocycles. The van der Waals surface area contributed by atoms with Crippen LogP contribution in [0.5, 0.6) is 0 Å². The van der Waals surface area contributed by atoms with Gasteiger partial charge in [0.15, 0.2) is 0 Å². The number of hydrogen-bond donors (Lipinski definition) is 2. The quantitative estimate of drug-likeness (QED) is 0.237. The van der Waals surface area contributed by atoms with Crippen molar-refractivity contribution in [2.24, 2.45) is 0 Å². The molecular weight excluding hydrogens is 500 g/mol. The van der Waals surface area contributed by atoms with Gasteiger partial charge in [0.1, 0.15) is 17.6 Å². The Morgan fingerprint density at radius 2 is 1.57 bits per heavy atom. The summed E-state index contributed by atoms with van der Waals surface area (Å²) in [4.78, 5) is 16.5. The highest BCUT2D eigenvalue weighted by molar-refractivity contribution is 5.84. The third-order valence-corrected chi connectivity index (χ3v) is 6.72. The van der Waals surface area contributed by atoms with Crippen LogP contribution in [0.1, 0.15) is 18.4 Å². The number of benzene rings is 3. The van der Waals surface area contributed by atoms with Crippen LogP contribution in [0, 0.1) is 0 Å². The number of aliphatic hydroxyl groups is 1. The minimum atomic E-state index is -0.715. The van der Waals surface area contributed by atoms with Crippen molar-refractivity contribution in [1.29, 1.82) is 0 Å². The van der Waals surface area contributed by atoms with Gasteiger partial charge in [0, 0.05) is 41.1 Å². The lowest BCUT2D eigenvalue weighted by Crippen LogP contribution is -2.31. The number of ether oxygens (including phenoxy) is 1. The molecule has 0 aliphatic carbocycles. The van der Waals surface area contributed by atoms with E-state index < -0.39 is 18.2 Å². The van der Waals surface area contributed by atoms with Gasteiger partial charge in [-0.2, -0.15) is 5.10 Å².